The number of esters is 3. The molecule has 35 heavy (non-hydrogen) atoms. The average Bonchev–Trinajstić information content (AvgIpc) is 2.75. The van der Waals surface area contributed by atoms with Crippen molar-refractivity contribution in [3.05, 3.63) is 50.7 Å². The number of hydrogen-bond donors (Lipinski definition) is 0. The van der Waals surface area contributed by atoms with Gasteiger partial charge in [0.05, 0.1) is 0 Å². The lowest BCUT2D eigenvalue weighted by Crippen LogP contribution is -2.62. The molecule has 0 radical (unpaired) electrons. The van der Waals surface area contributed by atoms with Crippen molar-refractivity contribution >= 4 is 28.9 Å². The molecule has 0 spiro atoms. The summed E-state index contributed by atoms with van der Waals surface area (Å²) in [6.45, 7) is 4.80. The van der Waals surface area contributed by atoms with Crippen LogP contribution in [0.3, 0.4) is 0 Å². The number of benzene rings is 1. The van der Waals surface area contributed by atoms with Crippen molar-refractivity contribution in [2.75, 3.05) is 6.61 Å². The minimum atomic E-state index is -1.36. The maximum Gasteiger partial charge on any atom is 0.336 e. The molecule has 186 valence electrons. The second kappa shape index (κ2) is 10.9. The van der Waals surface area contributed by atoms with E-state index in [-0.39, 0.29) is 17.9 Å². The summed E-state index contributed by atoms with van der Waals surface area (Å²) < 4.78 is 32.6. The van der Waals surface area contributed by atoms with Crippen LogP contribution in [0.15, 0.2) is 38.6 Å². The Balaban J connectivity index is 2.01. The topological polar surface area (TPSA) is 176 Å². The van der Waals surface area contributed by atoms with Gasteiger partial charge in [0.15, 0.2) is 12.2 Å². The first-order valence-corrected chi connectivity index (χ1v) is 10.5. The summed E-state index contributed by atoms with van der Waals surface area (Å²) in [6, 6.07) is 4.73. The largest absolute Gasteiger partial charge is 0.464 e. The van der Waals surface area contributed by atoms with E-state index in [1.54, 1.807) is 19.1 Å². The Morgan fingerprint density at radius 3 is 2.37 bits per heavy atom. The van der Waals surface area contributed by atoms with E-state index in [2.05, 4.69) is 10.0 Å². The van der Waals surface area contributed by atoms with Crippen molar-refractivity contribution < 1.29 is 42.5 Å². The summed E-state index contributed by atoms with van der Waals surface area (Å²) in [7, 11) is 0. The highest BCUT2D eigenvalue weighted by Crippen LogP contribution is 2.32. The zero-order valence-electron chi connectivity index (χ0n) is 19.3. The van der Waals surface area contributed by atoms with Gasteiger partial charge in [0.2, 0.25) is 6.29 Å². The SMILES string of the molecule is CC(=O)OC[C@@H]1O[C@H](Oc2ccc3c(C)cc(=O)oc3c2)[C@H](N=[N+]=[N-])[C@@H](OC(C)=O)[C@H]1OC(C)=O. The smallest absolute Gasteiger partial charge is 0.336 e. The number of carbonyl (C=O) groups excluding carboxylic acids is 3. The highest BCUT2D eigenvalue weighted by molar-refractivity contribution is 5.81. The molecule has 1 saturated heterocycles. The monoisotopic (exact) mass is 489 g/mol. The molecular weight excluding hydrogens is 466 g/mol. The first kappa shape index (κ1) is 25.5. The van der Waals surface area contributed by atoms with Crippen LogP contribution in [0.5, 0.6) is 5.75 Å². The number of azide groups is 1. The van der Waals surface area contributed by atoms with Crippen molar-refractivity contribution in [2.24, 2.45) is 5.11 Å². The molecule has 1 aliphatic heterocycles. The molecule has 1 aromatic heterocycles. The predicted octanol–water partition coefficient (Wildman–Crippen LogP) is 2.31. The van der Waals surface area contributed by atoms with Gasteiger partial charge in [-0.25, -0.2) is 4.79 Å². The van der Waals surface area contributed by atoms with Crippen LogP contribution in [-0.4, -0.2) is 55.2 Å². The van der Waals surface area contributed by atoms with Gasteiger partial charge in [0, 0.05) is 43.2 Å². The van der Waals surface area contributed by atoms with E-state index >= 15 is 0 Å². The predicted molar refractivity (Wildman–Crippen MR) is 117 cm³/mol. The Labute approximate surface area is 198 Å². The highest BCUT2D eigenvalue weighted by atomic mass is 16.7. The van der Waals surface area contributed by atoms with Gasteiger partial charge in [-0.15, -0.1) is 0 Å². The Morgan fingerprint density at radius 1 is 1.06 bits per heavy atom. The molecule has 2 heterocycles. The Hall–Kier alpha value is -4.09. The van der Waals surface area contributed by atoms with Crippen molar-refractivity contribution in [3.63, 3.8) is 0 Å². The number of fused-ring (bicyclic) bond motifs is 1. The number of nitrogens with zero attached hydrogens (tertiary/aromatic N) is 3. The van der Waals surface area contributed by atoms with E-state index in [1.807, 2.05) is 0 Å². The van der Waals surface area contributed by atoms with Gasteiger partial charge in [-0.2, -0.15) is 0 Å². The van der Waals surface area contributed by atoms with Crippen molar-refractivity contribution in [1.29, 1.82) is 0 Å². The maximum absolute atomic E-state index is 11.8. The molecule has 3 rings (SSSR count). The van der Waals surface area contributed by atoms with Gasteiger partial charge in [-0.05, 0) is 30.2 Å². The summed E-state index contributed by atoms with van der Waals surface area (Å²) in [5.41, 5.74) is 9.54. The number of ether oxygens (including phenoxy) is 5. The third-order valence-corrected chi connectivity index (χ3v) is 5.03. The minimum Gasteiger partial charge on any atom is -0.464 e. The van der Waals surface area contributed by atoms with E-state index in [0.29, 0.717) is 10.9 Å². The number of aryl methyl sites for hydroxylation is 1. The zero-order chi connectivity index (χ0) is 25.7. The lowest BCUT2D eigenvalue weighted by molar-refractivity contribution is -0.253. The van der Waals surface area contributed by atoms with Crippen LogP contribution in [0.1, 0.15) is 26.3 Å². The minimum absolute atomic E-state index is 0.174. The second-order valence-electron chi connectivity index (χ2n) is 7.71. The highest BCUT2D eigenvalue weighted by Gasteiger charge is 2.51. The van der Waals surface area contributed by atoms with Crippen LogP contribution in [-0.2, 0) is 33.3 Å². The molecule has 13 nitrogen and oxygen atoms in total. The first-order chi connectivity index (χ1) is 16.6. The van der Waals surface area contributed by atoms with E-state index < -0.39 is 54.2 Å². The molecule has 0 aliphatic carbocycles. The number of rotatable bonds is 7. The van der Waals surface area contributed by atoms with E-state index in [0.717, 1.165) is 13.8 Å². The fourth-order valence-electron chi connectivity index (χ4n) is 3.68. The van der Waals surface area contributed by atoms with Crippen LogP contribution in [0.25, 0.3) is 21.4 Å². The maximum atomic E-state index is 11.8. The normalized spacial score (nSPS) is 23.6. The summed E-state index contributed by atoms with van der Waals surface area (Å²) in [4.78, 5) is 49.5. The Morgan fingerprint density at radius 2 is 1.74 bits per heavy atom. The molecule has 0 bridgehead atoms. The van der Waals surface area contributed by atoms with Gasteiger partial charge >= 0.3 is 23.5 Å². The quantitative estimate of drug-likeness (QED) is 0.140. The van der Waals surface area contributed by atoms with Crippen LogP contribution < -0.4 is 10.4 Å². The van der Waals surface area contributed by atoms with E-state index in [1.165, 1.54) is 19.1 Å². The van der Waals surface area contributed by atoms with Crippen molar-refractivity contribution in [2.45, 2.75) is 58.3 Å². The molecule has 0 unspecified atom stereocenters. The summed E-state index contributed by atoms with van der Waals surface area (Å²) in [5, 5.41) is 4.33. The molecule has 13 heteroatoms. The lowest BCUT2D eigenvalue weighted by Gasteiger charge is -2.43. The van der Waals surface area contributed by atoms with Gasteiger partial charge in [-0.3, -0.25) is 14.4 Å². The van der Waals surface area contributed by atoms with Gasteiger partial charge in [0.1, 0.15) is 30.1 Å². The molecule has 1 fully saturated rings. The van der Waals surface area contributed by atoms with Crippen LogP contribution in [0, 0.1) is 6.92 Å². The molecule has 0 amide bonds. The van der Waals surface area contributed by atoms with Crippen LogP contribution in [0.2, 0.25) is 0 Å². The first-order valence-electron chi connectivity index (χ1n) is 10.5. The lowest BCUT2D eigenvalue weighted by atomic mass is 9.96. The summed E-state index contributed by atoms with van der Waals surface area (Å²) >= 11 is 0. The van der Waals surface area contributed by atoms with E-state index in [4.69, 9.17) is 33.6 Å². The van der Waals surface area contributed by atoms with Crippen molar-refractivity contribution in [3.8, 4) is 5.75 Å². The molecular formula is C22H23N3O10. The van der Waals surface area contributed by atoms with Crippen molar-refractivity contribution in [1.82, 2.24) is 0 Å². The van der Waals surface area contributed by atoms with Gasteiger partial charge in [0.25, 0.3) is 0 Å². The second-order valence-corrected chi connectivity index (χ2v) is 7.71. The zero-order valence-corrected chi connectivity index (χ0v) is 19.3. The molecule has 1 aliphatic rings. The average molecular weight is 489 g/mol. The molecule has 2 aromatic rings. The standard InChI is InChI=1S/C22H23N3O10/c1-10-7-18(29)34-16-8-14(5-6-15(10)16)33-22-19(24-25-23)21(32-13(4)28)20(31-12(3)27)17(35-22)9-30-11(2)26/h5-8,17,19-22H,9H2,1-4H3/t17-,19+,20-,21+,22-/m0/s1. The third-order valence-electron chi connectivity index (χ3n) is 5.03. The number of hydrogen-bond acceptors (Lipinski definition) is 11. The Bertz CT molecular complexity index is 1240. The number of carbonyl (C=O) groups is 3. The van der Waals surface area contributed by atoms with Crippen LogP contribution >= 0.6 is 0 Å². The van der Waals surface area contributed by atoms with Gasteiger partial charge in [-0.1, -0.05) is 5.11 Å². The fourth-order valence-corrected chi connectivity index (χ4v) is 3.68. The molecule has 1 aromatic carbocycles. The molecule has 0 N–H and O–H groups in total. The Kier molecular flexibility index (Phi) is 7.94. The summed E-state index contributed by atoms with van der Waals surface area (Å²) in [5.74, 6) is -1.94. The van der Waals surface area contributed by atoms with E-state index in [9.17, 15) is 19.2 Å². The molecule has 0 saturated carbocycles. The van der Waals surface area contributed by atoms with Crippen LogP contribution in [0.4, 0.5) is 0 Å². The molecule has 5 atom stereocenters. The fraction of sp³-hybridized carbons (Fsp3) is 0.455. The third kappa shape index (κ3) is 6.28. The summed E-state index contributed by atoms with van der Waals surface area (Å²) in [6.07, 6.45) is -5.10. The van der Waals surface area contributed by atoms with Gasteiger partial charge < -0.3 is 28.1 Å².